The number of para-hydroxylation sites is 1. The van der Waals surface area contributed by atoms with E-state index in [0.717, 1.165) is 30.8 Å². The van der Waals surface area contributed by atoms with Crippen LogP contribution in [0.1, 0.15) is 45.1 Å². The minimum absolute atomic E-state index is 0.109. The molecule has 2 aliphatic rings. The summed E-state index contributed by atoms with van der Waals surface area (Å²) in [5.41, 5.74) is 1.16. The van der Waals surface area contributed by atoms with Crippen LogP contribution in [0.15, 0.2) is 18.2 Å². The third-order valence-corrected chi connectivity index (χ3v) is 4.38. The van der Waals surface area contributed by atoms with Gasteiger partial charge in [0.2, 0.25) is 0 Å². The molecule has 3 heteroatoms. The van der Waals surface area contributed by atoms with Gasteiger partial charge < -0.3 is 14.8 Å². The molecule has 1 aliphatic carbocycles. The van der Waals surface area contributed by atoms with E-state index in [-0.39, 0.29) is 5.60 Å². The van der Waals surface area contributed by atoms with E-state index in [0.29, 0.717) is 12.1 Å². The zero-order valence-electron chi connectivity index (χ0n) is 12.7. The van der Waals surface area contributed by atoms with E-state index in [2.05, 4.69) is 31.3 Å². The number of hydrogen-bond acceptors (Lipinski definition) is 3. The lowest BCUT2D eigenvalue weighted by molar-refractivity contribution is 0.109. The van der Waals surface area contributed by atoms with E-state index in [1.807, 2.05) is 13.1 Å². The first-order valence-corrected chi connectivity index (χ1v) is 7.72. The standard InChI is InChI=1S/C17H25NO2/c1-17(2)11-12-6-4-9-15(16(12)20-17)19-14-8-5-7-13(10-14)18-3/h4,6,9,13-14,18H,5,7-8,10-11H2,1-3H3. The van der Waals surface area contributed by atoms with Crippen LogP contribution in [0, 0.1) is 0 Å². The Morgan fingerprint density at radius 3 is 2.95 bits per heavy atom. The molecule has 1 aromatic carbocycles. The zero-order valence-corrected chi connectivity index (χ0v) is 12.7. The molecule has 1 heterocycles. The molecule has 3 rings (SSSR count). The Labute approximate surface area is 121 Å². The molecule has 1 N–H and O–H groups in total. The van der Waals surface area contributed by atoms with Gasteiger partial charge in [-0.3, -0.25) is 0 Å². The van der Waals surface area contributed by atoms with E-state index < -0.39 is 0 Å². The van der Waals surface area contributed by atoms with E-state index in [9.17, 15) is 0 Å². The summed E-state index contributed by atoms with van der Waals surface area (Å²) in [6.45, 7) is 4.27. The second kappa shape index (κ2) is 5.28. The summed E-state index contributed by atoms with van der Waals surface area (Å²) in [7, 11) is 2.04. The van der Waals surface area contributed by atoms with Gasteiger partial charge in [-0.2, -0.15) is 0 Å². The van der Waals surface area contributed by atoms with Crippen molar-refractivity contribution in [1.82, 2.24) is 5.32 Å². The molecule has 0 aromatic heterocycles. The molecule has 2 atom stereocenters. The highest BCUT2D eigenvalue weighted by molar-refractivity contribution is 5.50. The normalized spacial score (nSPS) is 27.8. The number of hydrogen-bond donors (Lipinski definition) is 1. The second-order valence-electron chi connectivity index (χ2n) is 6.67. The van der Waals surface area contributed by atoms with Crippen molar-refractivity contribution in [2.24, 2.45) is 0 Å². The zero-order chi connectivity index (χ0) is 14.2. The van der Waals surface area contributed by atoms with Gasteiger partial charge >= 0.3 is 0 Å². The predicted molar refractivity (Wildman–Crippen MR) is 80.6 cm³/mol. The molecule has 0 spiro atoms. The Bertz CT molecular complexity index is 484. The topological polar surface area (TPSA) is 30.5 Å². The van der Waals surface area contributed by atoms with Crippen LogP contribution in [-0.2, 0) is 6.42 Å². The van der Waals surface area contributed by atoms with Crippen LogP contribution in [0.2, 0.25) is 0 Å². The molecule has 1 fully saturated rings. The fourth-order valence-electron chi connectivity index (χ4n) is 3.37. The molecule has 1 saturated carbocycles. The van der Waals surface area contributed by atoms with Crippen molar-refractivity contribution in [3.05, 3.63) is 23.8 Å². The predicted octanol–water partition coefficient (Wildman–Crippen LogP) is 3.31. The van der Waals surface area contributed by atoms with Gasteiger partial charge in [-0.25, -0.2) is 0 Å². The van der Waals surface area contributed by atoms with Crippen molar-refractivity contribution in [3.8, 4) is 11.5 Å². The van der Waals surface area contributed by atoms with Crippen molar-refractivity contribution in [2.75, 3.05) is 7.05 Å². The summed E-state index contributed by atoms with van der Waals surface area (Å²) in [6, 6.07) is 6.86. The quantitative estimate of drug-likeness (QED) is 0.918. The van der Waals surface area contributed by atoms with Crippen LogP contribution in [0.4, 0.5) is 0 Å². The van der Waals surface area contributed by atoms with Crippen LogP contribution in [-0.4, -0.2) is 24.8 Å². The molecule has 110 valence electrons. The highest BCUT2D eigenvalue weighted by Gasteiger charge is 2.33. The molecule has 0 amide bonds. The number of benzene rings is 1. The average molecular weight is 275 g/mol. The monoisotopic (exact) mass is 275 g/mol. The van der Waals surface area contributed by atoms with E-state index in [1.54, 1.807) is 0 Å². The van der Waals surface area contributed by atoms with E-state index in [4.69, 9.17) is 9.47 Å². The van der Waals surface area contributed by atoms with Crippen molar-refractivity contribution in [1.29, 1.82) is 0 Å². The maximum atomic E-state index is 6.26. The Morgan fingerprint density at radius 1 is 1.30 bits per heavy atom. The summed E-state index contributed by atoms with van der Waals surface area (Å²) >= 11 is 0. The molecule has 0 saturated heterocycles. The summed E-state index contributed by atoms with van der Waals surface area (Å²) in [5.74, 6) is 1.89. The van der Waals surface area contributed by atoms with Gasteiger partial charge in [0.25, 0.3) is 0 Å². The Kier molecular flexibility index (Phi) is 3.63. The fourth-order valence-corrected chi connectivity index (χ4v) is 3.37. The van der Waals surface area contributed by atoms with Gasteiger partial charge in [-0.15, -0.1) is 0 Å². The van der Waals surface area contributed by atoms with Crippen LogP contribution >= 0.6 is 0 Å². The molecule has 2 unspecified atom stereocenters. The summed E-state index contributed by atoms with van der Waals surface area (Å²) in [4.78, 5) is 0. The number of rotatable bonds is 3. The van der Waals surface area contributed by atoms with E-state index in [1.165, 1.54) is 18.4 Å². The number of nitrogens with one attached hydrogen (secondary N) is 1. The Hall–Kier alpha value is -1.22. The van der Waals surface area contributed by atoms with Gasteiger partial charge in [0.05, 0.1) is 0 Å². The number of ether oxygens (including phenoxy) is 2. The third kappa shape index (κ3) is 2.78. The molecular formula is C17H25NO2. The van der Waals surface area contributed by atoms with Gasteiger partial charge in [-0.1, -0.05) is 12.1 Å². The SMILES string of the molecule is CNC1CCCC(Oc2cccc3c2OC(C)(C)C3)C1. The maximum Gasteiger partial charge on any atom is 0.165 e. The maximum absolute atomic E-state index is 6.26. The summed E-state index contributed by atoms with van der Waals surface area (Å²) in [6.07, 6.45) is 5.99. The minimum Gasteiger partial charge on any atom is -0.486 e. The smallest absolute Gasteiger partial charge is 0.165 e. The fraction of sp³-hybridized carbons (Fsp3) is 0.647. The minimum atomic E-state index is -0.109. The first-order chi connectivity index (χ1) is 9.57. The molecule has 20 heavy (non-hydrogen) atoms. The lowest BCUT2D eigenvalue weighted by Gasteiger charge is -2.30. The highest BCUT2D eigenvalue weighted by Crippen LogP contribution is 2.42. The molecule has 0 bridgehead atoms. The average Bonchev–Trinajstić information content (AvgIpc) is 2.74. The van der Waals surface area contributed by atoms with Gasteiger partial charge in [0, 0.05) is 18.0 Å². The van der Waals surface area contributed by atoms with Gasteiger partial charge in [-0.05, 0) is 52.6 Å². The lowest BCUT2D eigenvalue weighted by atomic mass is 9.93. The Morgan fingerprint density at radius 2 is 2.15 bits per heavy atom. The molecular weight excluding hydrogens is 250 g/mol. The Balaban J connectivity index is 1.74. The molecule has 1 aliphatic heterocycles. The van der Waals surface area contributed by atoms with E-state index >= 15 is 0 Å². The first-order valence-electron chi connectivity index (χ1n) is 7.72. The summed E-state index contributed by atoms with van der Waals surface area (Å²) in [5, 5.41) is 3.37. The molecule has 0 radical (unpaired) electrons. The van der Waals surface area contributed by atoms with Crippen LogP contribution in [0.3, 0.4) is 0 Å². The number of fused-ring (bicyclic) bond motifs is 1. The van der Waals surface area contributed by atoms with Crippen molar-refractivity contribution in [2.45, 2.75) is 63.7 Å². The summed E-state index contributed by atoms with van der Waals surface area (Å²) < 4.78 is 12.3. The van der Waals surface area contributed by atoms with Crippen LogP contribution in [0.5, 0.6) is 11.5 Å². The first kappa shape index (κ1) is 13.7. The van der Waals surface area contributed by atoms with Crippen molar-refractivity contribution >= 4 is 0 Å². The van der Waals surface area contributed by atoms with Crippen molar-refractivity contribution in [3.63, 3.8) is 0 Å². The second-order valence-corrected chi connectivity index (χ2v) is 6.67. The highest BCUT2D eigenvalue weighted by atomic mass is 16.5. The molecule has 3 nitrogen and oxygen atoms in total. The molecule has 1 aromatic rings. The van der Waals surface area contributed by atoms with Crippen molar-refractivity contribution < 1.29 is 9.47 Å². The lowest BCUT2D eigenvalue weighted by Crippen LogP contribution is -2.36. The third-order valence-electron chi connectivity index (χ3n) is 4.38. The van der Waals surface area contributed by atoms with Gasteiger partial charge in [0.1, 0.15) is 11.7 Å². The van der Waals surface area contributed by atoms with Crippen LogP contribution < -0.4 is 14.8 Å². The largest absolute Gasteiger partial charge is 0.486 e. The van der Waals surface area contributed by atoms with Crippen LogP contribution in [0.25, 0.3) is 0 Å². The van der Waals surface area contributed by atoms with Gasteiger partial charge in [0.15, 0.2) is 11.5 Å².